The molecule has 6 heteroatoms. The zero-order valence-corrected chi connectivity index (χ0v) is 11.4. The van der Waals surface area contributed by atoms with Crippen molar-refractivity contribution < 1.29 is 9.90 Å². The molecule has 1 amide bonds. The van der Waals surface area contributed by atoms with E-state index >= 15 is 0 Å². The van der Waals surface area contributed by atoms with Crippen molar-refractivity contribution in [2.45, 2.75) is 37.8 Å². The van der Waals surface area contributed by atoms with E-state index in [2.05, 4.69) is 10.3 Å². The lowest BCUT2D eigenvalue weighted by Crippen LogP contribution is -2.42. The van der Waals surface area contributed by atoms with E-state index in [-0.39, 0.29) is 18.2 Å². The van der Waals surface area contributed by atoms with Gasteiger partial charge in [0.25, 0.3) is 0 Å². The summed E-state index contributed by atoms with van der Waals surface area (Å²) in [6.45, 7) is 0. The molecule has 0 atom stereocenters. The highest BCUT2D eigenvalue weighted by Crippen LogP contribution is 2.23. The maximum atomic E-state index is 12.5. The minimum atomic E-state index is -0.220. The largest absolute Gasteiger partial charge is 0.393 e. The Hall–Kier alpha value is -1.95. The maximum absolute atomic E-state index is 12.5. The number of hydrogen-bond donors (Lipinski definition) is 1. The van der Waals surface area contributed by atoms with E-state index in [4.69, 9.17) is 0 Å². The van der Waals surface area contributed by atoms with Crippen molar-refractivity contribution in [1.29, 1.82) is 0 Å². The molecule has 0 spiro atoms. The number of rotatable bonds is 1. The number of aromatic nitrogens is 3. The lowest BCUT2D eigenvalue weighted by Gasteiger charge is -2.32. The summed E-state index contributed by atoms with van der Waals surface area (Å²) >= 11 is 0. The van der Waals surface area contributed by atoms with Crippen LogP contribution in [0.1, 0.15) is 25.7 Å². The average molecular weight is 274 g/mol. The van der Waals surface area contributed by atoms with Crippen LogP contribution in [-0.4, -0.2) is 50.2 Å². The summed E-state index contributed by atoms with van der Waals surface area (Å²) in [6, 6.07) is 7.41. The first kappa shape index (κ1) is 13.1. The average Bonchev–Trinajstić information content (AvgIpc) is 2.90. The van der Waals surface area contributed by atoms with Crippen LogP contribution in [0.3, 0.4) is 0 Å². The fourth-order valence-electron chi connectivity index (χ4n) is 2.76. The fourth-order valence-corrected chi connectivity index (χ4v) is 2.76. The molecule has 0 saturated heterocycles. The van der Waals surface area contributed by atoms with Gasteiger partial charge in [0.2, 0.25) is 0 Å². The molecule has 1 N–H and O–H groups in total. The van der Waals surface area contributed by atoms with Gasteiger partial charge in [0.05, 0.1) is 11.6 Å². The highest BCUT2D eigenvalue weighted by Gasteiger charge is 2.27. The molecule has 3 rings (SSSR count). The van der Waals surface area contributed by atoms with Crippen molar-refractivity contribution in [3.05, 3.63) is 24.3 Å². The van der Waals surface area contributed by atoms with Gasteiger partial charge in [-0.1, -0.05) is 17.3 Å². The standard InChI is InChI=1S/C14H18N4O2/c1-17(10-6-8-11(19)9-7-10)14(20)18-13-5-3-2-4-12(13)15-16-18/h2-5,10-11,19H,6-9H2,1H3/t10-,11-. The number of hydrogen-bond acceptors (Lipinski definition) is 4. The van der Waals surface area contributed by atoms with Gasteiger partial charge in [-0.25, -0.2) is 4.79 Å². The summed E-state index contributed by atoms with van der Waals surface area (Å²) in [6.07, 6.45) is 2.94. The second-order valence-corrected chi connectivity index (χ2v) is 5.35. The predicted octanol–water partition coefficient (Wildman–Crippen LogP) is 1.63. The first-order chi connectivity index (χ1) is 9.66. The number of carbonyl (C=O) groups excluding carboxylic acids is 1. The number of fused-ring (bicyclic) bond motifs is 1. The maximum Gasteiger partial charge on any atom is 0.346 e. The van der Waals surface area contributed by atoms with E-state index in [0.29, 0.717) is 5.52 Å². The number of benzene rings is 1. The number of aliphatic hydroxyl groups is 1. The van der Waals surface area contributed by atoms with E-state index in [1.165, 1.54) is 4.68 Å². The molecule has 0 bridgehead atoms. The van der Waals surface area contributed by atoms with Gasteiger partial charge in [-0.2, -0.15) is 4.68 Å². The summed E-state index contributed by atoms with van der Waals surface area (Å²) in [4.78, 5) is 14.2. The number of aliphatic hydroxyl groups excluding tert-OH is 1. The summed E-state index contributed by atoms with van der Waals surface area (Å²) in [5.41, 5.74) is 1.44. The van der Waals surface area contributed by atoms with E-state index in [1.807, 2.05) is 24.3 Å². The minimum Gasteiger partial charge on any atom is -0.393 e. The quantitative estimate of drug-likeness (QED) is 0.858. The Labute approximate surface area is 117 Å². The van der Waals surface area contributed by atoms with Crippen molar-refractivity contribution >= 4 is 17.1 Å². The molecule has 6 nitrogen and oxygen atoms in total. The Morgan fingerprint density at radius 3 is 2.75 bits per heavy atom. The Bertz CT molecular complexity index is 616. The van der Waals surface area contributed by atoms with Gasteiger partial charge in [0.1, 0.15) is 5.52 Å². The van der Waals surface area contributed by atoms with Gasteiger partial charge >= 0.3 is 6.03 Å². The third-order valence-corrected chi connectivity index (χ3v) is 4.05. The fraction of sp³-hybridized carbons (Fsp3) is 0.500. The molecule has 1 aromatic carbocycles. The Morgan fingerprint density at radius 1 is 1.30 bits per heavy atom. The van der Waals surface area contributed by atoms with Crippen LogP contribution in [0.5, 0.6) is 0 Å². The van der Waals surface area contributed by atoms with Crippen LogP contribution in [0.15, 0.2) is 24.3 Å². The second-order valence-electron chi connectivity index (χ2n) is 5.35. The monoisotopic (exact) mass is 274 g/mol. The summed E-state index contributed by atoms with van der Waals surface area (Å²) in [7, 11) is 1.79. The number of para-hydroxylation sites is 1. The van der Waals surface area contributed by atoms with Crippen molar-refractivity contribution in [1.82, 2.24) is 19.9 Å². The van der Waals surface area contributed by atoms with Crippen molar-refractivity contribution in [2.24, 2.45) is 0 Å². The van der Waals surface area contributed by atoms with Crippen LogP contribution in [0, 0.1) is 0 Å². The molecular weight excluding hydrogens is 256 g/mol. The van der Waals surface area contributed by atoms with E-state index in [9.17, 15) is 9.90 Å². The lowest BCUT2D eigenvalue weighted by molar-refractivity contribution is 0.0916. The topological polar surface area (TPSA) is 71.2 Å². The molecule has 2 aromatic rings. The molecule has 1 aliphatic carbocycles. The molecule has 0 radical (unpaired) electrons. The SMILES string of the molecule is CN(C(=O)n1nnc2ccccc21)[C@H]1CC[C@H](O)CC1. The van der Waals surface area contributed by atoms with Crippen LogP contribution < -0.4 is 0 Å². The molecule has 1 heterocycles. The van der Waals surface area contributed by atoms with E-state index < -0.39 is 0 Å². The van der Waals surface area contributed by atoms with E-state index in [0.717, 1.165) is 31.2 Å². The number of amides is 1. The van der Waals surface area contributed by atoms with Crippen LogP contribution in [-0.2, 0) is 0 Å². The number of carbonyl (C=O) groups is 1. The highest BCUT2D eigenvalue weighted by atomic mass is 16.3. The molecule has 0 unspecified atom stereocenters. The van der Waals surface area contributed by atoms with Gasteiger partial charge < -0.3 is 10.0 Å². The Kier molecular flexibility index (Phi) is 3.40. The number of nitrogens with zero attached hydrogens (tertiary/aromatic N) is 4. The third-order valence-electron chi connectivity index (χ3n) is 4.05. The molecule has 106 valence electrons. The minimum absolute atomic E-state index is 0.161. The zero-order valence-electron chi connectivity index (χ0n) is 11.4. The van der Waals surface area contributed by atoms with Gasteiger partial charge in [-0.05, 0) is 37.8 Å². The smallest absolute Gasteiger partial charge is 0.346 e. The Morgan fingerprint density at radius 2 is 2.00 bits per heavy atom. The van der Waals surface area contributed by atoms with Crippen molar-refractivity contribution in [3.8, 4) is 0 Å². The third kappa shape index (κ3) is 2.27. The normalized spacial score (nSPS) is 22.9. The summed E-state index contributed by atoms with van der Waals surface area (Å²) in [5.74, 6) is 0. The summed E-state index contributed by atoms with van der Waals surface area (Å²) in [5, 5.41) is 17.5. The van der Waals surface area contributed by atoms with Gasteiger partial charge in [0, 0.05) is 13.1 Å². The molecule has 1 saturated carbocycles. The van der Waals surface area contributed by atoms with Crippen LogP contribution in [0.25, 0.3) is 11.0 Å². The molecule has 0 aliphatic heterocycles. The first-order valence-corrected chi connectivity index (χ1v) is 6.92. The molecule has 1 fully saturated rings. The Balaban J connectivity index is 1.81. The summed E-state index contributed by atoms with van der Waals surface area (Å²) < 4.78 is 1.35. The highest BCUT2D eigenvalue weighted by molar-refractivity contribution is 5.87. The van der Waals surface area contributed by atoms with E-state index in [1.54, 1.807) is 11.9 Å². The van der Waals surface area contributed by atoms with Crippen molar-refractivity contribution in [3.63, 3.8) is 0 Å². The zero-order chi connectivity index (χ0) is 14.1. The second kappa shape index (κ2) is 5.20. The van der Waals surface area contributed by atoms with Crippen LogP contribution in [0.2, 0.25) is 0 Å². The first-order valence-electron chi connectivity index (χ1n) is 6.92. The molecule has 1 aromatic heterocycles. The molecule has 1 aliphatic rings. The predicted molar refractivity (Wildman–Crippen MR) is 74.3 cm³/mol. The van der Waals surface area contributed by atoms with Crippen LogP contribution >= 0.6 is 0 Å². The van der Waals surface area contributed by atoms with Gasteiger partial charge in [-0.3, -0.25) is 0 Å². The molecule has 20 heavy (non-hydrogen) atoms. The molecular formula is C14H18N4O2. The van der Waals surface area contributed by atoms with Crippen molar-refractivity contribution in [2.75, 3.05) is 7.05 Å². The van der Waals surface area contributed by atoms with Gasteiger partial charge in [-0.15, -0.1) is 5.10 Å². The van der Waals surface area contributed by atoms with Gasteiger partial charge in [0.15, 0.2) is 0 Å². The lowest BCUT2D eigenvalue weighted by atomic mass is 9.92. The van der Waals surface area contributed by atoms with Crippen LogP contribution in [0.4, 0.5) is 4.79 Å².